The summed E-state index contributed by atoms with van der Waals surface area (Å²) in [5.74, 6) is 1.77. The van der Waals surface area contributed by atoms with Crippen molar-refractivity contribution in [2.75, 3.05) is 26.2 Å². The zero-order valence-electron chi connectivity index (χ0n) is 20.1. The number of hydrogen-bond donors (Lipinski definition) is 1. The van der Waals surface area contributed by atoms with Crippen LogP contribution >= 0.6 is 0 Å². The first kappa shape index (κ1) is 22.4. The van der Waals surface area contributed by atoms with Gasteiger partial charge in [0.15, 0.2) is 0 Å². The summed E-state index contributed by atoms with van der Waals surface area (Å²) in [6.45, 7) is 10.1. The summed E-state index contributed by atoms with van der Waals surface area (Å²) in [5, 5.41) is 3.45. The van der Waals surface area contributed by atoms with E-state index in [1.165, 1.54) is 29.5 Å². The Morgan fingerprint density at radius 2 is 1.94 bits per heavy atom. The van der Waals surface area contributed by atoms with Crippen LogP contribution in [0, 0.1) is 0 Å². The van der Waals surface area contributed by atoms with Crippen molar-refractivity contribution >= 4 is 5.91 Å². The first-order valence-corrected chi connectivity index (χ1v) is 12.7. The predicted molar refractivity (Wildman–Crippen MR) is 132 cm³/mol. The Kier molecular flexibility index (Phi) is 6.70. The molecule has 3 aliphatic rings. The lowest BCUT2D eigenvalue weighted by Gasteiger charge is -2.32. The Bertz CT molecular complexity index is 975. The molecule has 1 N–H and O–H groups in total. The number of amides is 1. The van der Waals surface area contributed by atoms with E-state index in [0.29, 0.717) is 12.0 Å². The van der Waals surface area contributed by atoms with E-state index in [2.05, 4.69) is 65.4 Å². The van der Waals surface area contributed by atoms with Crippen molar-refractivity contribution in [3.8, 4) is 5.75 Å². The lowest BCUT2D eigenvalue weighted by molar-refractivity contribution is 0.0674. The third-order valence-electron chi connectivity index (χ3n) is 7.41. The summed E-state index contributed by atoms with van der Waals surface area (Å²) >= 11 is 0. The highest BCUT2D eigenvalue weighted by molar-refractivity contribution is 5.98. The average Bonchev–Trinajstić information content (AvgIpc) is 3.16. The average molecular weight is 448 g/mol. The number of hydrogen-bond acceptors (Lipinski definition) is 4. The number of rotatable bonds is 6. The Morgan fingerprint density at radius 1 is 1.09 bits per heavy atom. The maximum absolute atomic E-state index is 13.0. The van der Waals surface area contributed by atoms with Crippen LogP contribution in [-0.4, -0.2) is 54.0 Å². The Labute approximate surface area is 198 Å². The Hall–Kier alpha value is -2.37. The molecule has 0 spiro atoms. The van der Waals surface area contributed by atoms with Crippen LogP contribution < -0.4 is 10.1 Å². The minimum atomic E-state index is 0.199. The fraction of sp³-hybridized carbons (Fsp3) is 0.536. The van der Waals surface area contributed by atoms with E-state index in [1.807, 2.05) is 6.07 Å². The number of benzene rings is 2. The fourth-order valence-electron chi connectivity index (χ4n) is 5.68. The van der Waals surface area contributed by atoms with Crippen LogP contribution in [0.25, 0.3) is 0 Å². The van der Waals surface area contributed by atoms with Crippen LogP contribution in [0.3, 0.4) is 0 Å². The summed E-state index contributed by atoms with van der Waals surface area (Å²) < 4.78 is 5.86. The largest absolute Gasteiger partial charge is 0.491 e. The van der Waals surface area contributed by atoms with Crippen molar-refractivity contribution in [2.24, 2.45) is 0 Å². The molecular weight excluding hydrogens is 410 g/mol. The molecule has 5 nitrogen and oxygen atoms in total. The molecule has 3 aliphatic heterocycles. The number of carbonyl (C=O) groups excluding carboxylic acids is 1. The zero-order valence-corrected chi connectivity index (χ0v) is 20.1. The summed E-state index contributed by atoms with van der Waals surface area (Å²) in [6, 6.07) is 15.5. The van der Waals surface area contributed by atoms with Crippen LogP contribution in [0.4, 0.5) is 0 Å². The number of nitrogens with one attached hydrogen (secondary N) is 1. The number of carbonyl (C=O) groups is 1. The van der Waals surface area contributed by atoms with Crippen LogP contribution in [-0.2, 0) is 13.1 Å². The van der Waals surface area contributed by atoms with Gasteiger partial charge >= 0.3 is 0 Å². The molecule has 1 unspecified atom stereocenters. The van der Waals surface area contributed by atoms with Crippen molar-refractivity contribution < 1.29 is 9.53 Å². The van der Waals surface area contributed by atoms with Gasteiger partial charge in [-0.25, -0.2) is 0 Å². The van der Waals surface area contributed by atoms with Gasteiger partial charge in [0.25, 0.3) is 5.91 Å². The van der Waals surface area contributed by atoms with E-state index < -0.39 is 0 Å². The molecule has 2 aromatic rings. The highest BCUT2D eigenvalue weighted by Crippen LogP contribution is 2.33. The van der Waals surface area contributed by atoms with E-state index in [9.17, 15) is 4.79 Å². The molecule has 0 radical (unpaired) electrons. The van der Waals surface area contributed by atoms with Crippen molar-refractivity contribution in [1.82, 2.24) is 15.1 Å². The van der Waals surface area contributed by atoms with Gasteiger partial charge in [-0.2, -0.15) is 0 Å². The molecule has 5 heteroatoms. The summed E-state index contributed by atoms with van der Waals surface area (Å²) in [5.41, 5.74) is 4.88. The van der Waals surface area contributed by atoms with Crippen LogP contribution in [0.1, 0.15) is 72.5 Å². The van der Waals surface area contributed by atoms with Crippen molar-refractivity contribution in [1.29, 1.82) is 0 Å². The smallest absolute Gasteiger partial charge is 0.254 e. The van der Waals surface area contributed by atoms with Crippen LogP contribution in [0.2, 0.25) is 0 Å². The first-order valence-electron chi connectivity index (χ1n) is 12.7. The topological polar surface area (TPSA) is 44.8 Å². The van der Waals surface area contributed by atoms with Crippen LogP contribution in [0.5, 0.6) is 5.75 Å². The third-order valence-corrected chi connectivity index (χ3v) is 7.41. The van der Waals surface area contributed by atoms with Gasteiger partial charge in [0.2, 0.25) is 0 Å². The second-order valence-electron chi connectivity index (χ2n) is 10.2. The normalized spacial score (nSPS) is 22.1. The van der Waals surface area contributed by atoms with Gasteiger partial charge < -0.3 is 15.0 Å². The molecule has 33 heavy (non-hydrogen) atoms. The van der Waals surface area contributed by atoms with E-state index in [4.69, 9.17) is 4.74 Å². The second-order valence-corrected chi connectivity index (χ2v) is 10.2. The van der Waals surface area contributed by atoms with Gasteiger partial charge in [-0.15, -0.1) is 0 Å². The maximum atomic E-state index is 13.0. The molecule has 3 heterocycles. The number of piperidine rings is 2. The molecule has 0 saturated carbocycles. The summed E-state index contributed by atoms with van der Waals surface area (Å²) in [6.07, 6.45) is 4.81. The van der Waals surface area contributed by atoms with Gasteiger partial charge in [-0.1, -0.05) is 24.3 Å². The van der Waals surface area contributed by atoms with Gasteiger partial charge in [0, 0.05) is 31.2 Å². The van der Waals surface area contributed by atoms with Gasteiger partial charge in [-0.05, 0) is 100.0 Å². The molecule has 0 bridgehead atoms. The Balaban J connectivity index is 1.18. The SMILES string of the molecule is CC(C)Oc1cccc(CN2CCC(c3ccc4c(c3)CN(C3CCCNC3)C4=O)CC2)c1. The molecule has 2 saturated heterocycles. The molecule has 2 fully saturated rings. The summed E-state index contributed by atoms with van der Waals surface area (Å²) in [4.78, 5) is 17.6. The Morgan fingerprint density at radius 3 is 2.70 bits per heavy atom. The molecule has 1 amide bonds. The highest BCUT2D eigenvalue weighted by Gasteiger charge is 2.34. The molecule has 5 rings (SSSR count). The highest BCUT2D eigenvalue weighted by atomic mass is 16.5. The van der Waals surface area contributed by atoms with Gasteiger partial charge in [0.05, 0.1) is 6.10 Å². The predicted octanol–water partition coefficient (Wildman–Crippen LogP) is 4.56. The third kappa shape index (κ3) is 5.10. The quantitative estimate of drug-likeness (QED) is 0.705. The van der Waals surface area contributed by atoms with E-state index in [-0.39, 0.29) is 12.0 Å². The maximum Gasteiger partial charge on any atom is 0.254 e. The zero-order chi connectivity index (χ0) is 22.8. The number of nitrogens with zero attached hydrogens (tertiary/aromatic N) is 2. The lowest BCUT2D eigenvalue weighted by Crippen LogP contribution is -2.46. The monoisotopic (exact) mass is 447 g/mol. The standard InChI is InChI=1S/C28H37N3O2/c1-20(2)33-26-7-3-5-21(15-26)18-30-13-10-22(11-14-30)23-8-9-27-24(16-23)19-31(28(27)32)25-6-4-12-29-17-25/h3,5,7-9,15-16,20,22,25,29H,4,6,10-14,17-19H2,1-2H3. The van der Waals surface area contributed by atoms with Crippen LogP contribution in [0.15, 0.2) is 42.5 Å². The van der Waals surface area contributed by atoms with Crippen molar-refractivity contribution in [3.05, 3.63) is 64.7 Å². The minimum absolute atomic E-state index is 0.199. The fourth-order valence-corrected chi connectivity index (χ4v) is 5.68. The van der Waals surface area contributed by atoms with Crippen molar-refractivity contribution in [2.45, 2.75) is 70.7 Å². The molecular formula is C28H37N3O2. The molecule has 2 aromatic carbocycles. The summed E-state index contributed by atoms with van der Waals surface area (Å²) in [7, 11) is 0. The van der Waals surface area contributed by atoms with E-state index in [1.54, 1.807) is 0 Å². The van der Waals surface area contributed by atoms with Crippen molar-refractivity contribution in [3.63, 3.8) is 0 Å². The molecule has 176 valence electrons. The number of likely N-dealkylation sites (tertiary alicyclic amines) is 1. The number of fused-ring (bicyclic) bond motifs is 1. The molecule has 0 aliphatic carbocycles. The number of ether oxygens (including phenoxy) is 1. The second kappa shape index (κ2) is 9.86. The molecule has 1 atom stereocenters. The van der Waals surface area contributed by atoms with Gasteiger partial charge in [0.1, 0.15) is 5.75 Å². The molecule has 0 aromatic heterocycles. The minimum Gasteiger partial charge on any atom is -0.491 e. The van der Waals surface area contributed by atoms with E-state index in [0.717, 1.165) is 63.4 Å². The van der Waals surface area contributed by atoms with E-state index >= 15 is 0 Å². The lowest BCUT2D eigenvalue weighted by atomic mass is 9.87. The van der Waals surface area contributed by atoms with Gasteiger partial charge in [-0.3, -0.25) is 9.69 Å². The first-order chi connectivity index (χ1) is 16.1.